The summed E-state index contributed by atoms with van der Waals surface area (Å²) in [5, 5.41) is 10.7. The molecular formula is C17H22FN3O4. The molecule has 136 valence electrons. The Morgan fingerprint density at radius 3 is 2.32 bits per heavy atom. The van der Waals surface area contributed by atoms with E-state index in [0.717, 1.165) is 0 Å². The van der Waals surface area contributed by atoms with Gasteiger partial charge in [0.25, 0.3) is 0 Å². The van der Waals surface area contributed by atoms with Crippen molar-refractivity contribution in [1.82, 2.24) is 4.90 Å². The molecule has 2 aliphatic rings. The van der Waals surface area contributed by atoms with Crippen LogP contribution in [0.2, 0.25) is 0 Å². The number of nitro benzene ring substituents is 1. The second kappa shape index (κ2) is 6.16. The smallest absolute Gasteiger partial charge is 0.410 e. The number of halogens is 1. The minimum Gasteiger partial charge on any atom is -0.444 e. The lowest BCUT2D eigenvalue weighted by Crippen LogP contribution is -2.37. The molecule has 1 aromatic rings. The Labute approximate surface area is 145 Å². The van der Waals surface area contributed by atoms with E-state index >= 15 is 0 Å². The van der Waals surface area contributed by atoms with Gasteiger partial charge in [-0.25, -0.2) is 4.79 Å². The molecule has 0 spiro atoms. The summed E-state index contributed by atoms with van der Waals surface area (Å²) in [6.45, 7) is 8.14. The average Bonchev–Trinajstić information content (AvgIpc) is 3.03. The first-order chi connectivity index (χ1) is 11.6. The summed E-state index contributed by atoms with van der Waals surface area (Å²) in [7, 11) is 0. The quantitative estimate of drug-likeness (QED) is 0.605. The third kappa shape index (κ3) is 3.67. The molecule has 0 bridgehead atoms. The summed E-state index contributed by atoms with van der Waals surface area (Å²) in [6, 6.07) is 3.99. The van der Waals surface area contributed by atoms with Crippen LogP contribution in [-0.2, 0) is 4.74 Å². The van der Waals surface area contributed by atoms with Crippen molar-refractivity contribution in [3.05, 3.63) is 34.1 Å². The minimum atomic E-state index is -0.824. The molecule has 2 saturated heterocycles. The zero-order chi connectivity index (χ0) is 18.4. The lowest BCUT2D eigenvalue weighted by atomic mass is 10.0. The van der Waals surface area contributed by atoms with E-state index in [2.05, 4.69) is 0 Å². The highest BCUT2D eigenvalue weighted by Crippen LogP contribution is 2.35. The monoisotopic (exact) mass is 351 g/mol. The summed E-state index contributed by atoms with van der Waals surface area (Å²) in [4.78, 5) is 25.9. The van der Waals surface area contributed by atoms with Gasteiger partial charge in [0.15, 0.2) is 0 Å². The van der Waals surface area contributed by atoms with Crippen LogP contribution in [-0.4, -0.2) is 47.7 Å². The van der Waals surface area contributed by atoms with Gasteiger partial charge >= 0.3 is 11.8 Å². The molecule has 0 aliphatic carbocycles. The van der Waals surface area contributed by atoms with Crippen LogP contribution < -0.4 is 4.90 Å². The molecule has 0 radical (unpaired) electrons. The molecule has 2 fully saturated rings. The zero-order valence-corrected chi connectivity index (χ0v) is 14.6. The number of amides is 1. The number of ether oxygens (including phenoxy) is 1. The van der Waals surface area contributed by atoms with E-state index in [1.807, 2.05) is 25.7 Å². The first-order valence-corrected chi connectivity index (χ1v) is 8.31. The van der Waals surface area contributed by atoms with Crippen molar-refractivity contribution in [2.24, 2.45) is 11.8 Å². The summed E-state index contributed by atoms with van der Waals surface area (Å²) in [6.07, 6.45) is -0.296. The SMILES string of the molecule is CC(C)(C)OC(=O)N1CC2CN(c3ccc([N+](=O)[O-])c(F)c3)CC2C1. The standard InChI is InChI=1S/C17H22FN3O4/c1-17(2,3)25-16(22)20-9-11-7-19(8-12(11)10-20)13-4-5-15(21(23)24)14(18)6-13/h4-6,11-12H,7-10H2,1-3H3. The van der Waals surface area contributed by atoms with Crippen molar-refractivity contribution in [3.63, 3.8) is 0 Å². The Morgan fingerprint density at radius 1 is 1.24 bits per heavy atom. The Hall–Kier alpha value is -2.38. The van der Waals surface area contributed by atoms with Crippen molar-refractivity contribution in [3.8, 4) is 0 Å². The van der Waals surface area contributed by atoms with E-state index in [0.29, 0.717) is 43.7 Å². The van der Waals surface area contributed by atoms with Gasteiger partial charge in [-0.3, -0.25) is 10.1 Å². The first kappa shape index (κ1) is 17.4. The van der Waals surface area contributed by atoms with Crippen LogP contribution in [0.15, 0.2) is 18.2 Å². The molecule has 0 N–H and O–H groups in total. The maximum atomic E-state index is 13.8. The van der Waals surface area contributed by atoms with Crippen LogP contribution in [0.5, 0.6) is 0 Å². The summed E-state index contributed by atoms with van der Waals surface area (Å²) >= 11 is 0. The van der Waals surface area contributed by atoms with Gasteiger partial charge in [-0.05, 0) is 26.8 Å². The highest BCUT2D eigenvalue weighted by Gasteiger charge is 2.42. The maximum Gasteiger partial charge on any atom is 0.410 e. The lowest BCUT2D eigenvalue weighted by Gasteiger charge is -2.26. The number of hydrogen-bond donors (Lipinski definition) is 0. The molecule has 0 aromatic heterocycles. The topological polar surface area (TPSA) is 75.9 Å². The van der Waals surface area contributed by atoms with Crippen molar-refractivity contribution < 1.29 is 18.8 Å². The summed E-state index contributed by atoms with van der Waals surface area (Å²) < 4.78 is 19.2. The predicted molar refractivity (Wildman–Crippen MR) is 90.1 cm³/mol. The van der Waals surface area contributed by atoms with Crippen molar-refractivity contribution >= 4 is 17.5 Å². The van der Waals surface area contributed by atoms with Crippen LogP contribution in [0.1, 0.15) is 20.8 Å². The third-order valence-corrected chi connectivity index (χ3v) is 4.63. The highest BCUT2D eigenvalue weighted by molar-refractivity contribution is 5.68. The third-order valence-electron chi connectivity index (χ3n) is 4.63. The lowest BCUT2D eigenvalue weighted by molar-refractivity contribution is -0.387. The number of fused-ring (bicyclic) bond motifs is 1. The number of benzene rings is 1. The molecule has 2 atom stereocenters. The molecule has 2 heterocycles. The number of anilines is 1. The zero-order valence-electron chi connectivity index (χ0n) is 14.6. The summed E-state index contributed by atoms with van der Waals surface area (Å²) in [5.41, 5.74) is -0.391. The largest absolute Gasteiger partial charge is 0.444 e. The molecular weight excluding hydrogens is 329 g/mol. The second-order valence-corrected chi connectivity index (χ2v) is 7.70. The van der Waals surface area contributed by atoms with Gasteiger partial charge in [-0.15, -0.1) is 0 Å². The van der Waals surface area contributed by atoms with Crippen LogP contribution >= 0.6 is 0 Å². The number of rotatable bonds is 2. The predicted octanol–water partition coefficient (Wildman–Crippen LogP) is 3.04. The van der Waals surface area contributed by atoms with Gasteiger partial charge in [0, 0.05) is 55.8 Å². The van der Waals surface area contributed by atoms with Crippen molar-refractivity contribution in [2.45, 2.75) is 26.4 Å². The van der Waals surface area contributed by atoms with E-state index < -0.39 is 22.0 Å². The Kier molecular flexibility index (Phi) is 4.30. The van der Waals surface area contributed by atoms with Crippen molar-refractivity contribution in [2.75, 3.05) is 31.1 Å². The number of carbonyl (C=O) groups is 1. The van der Waals surface area contributed by atoms with Crippen LogP contribution in [0, 0.1) is 27.8 Å². The Bertz CT molecular complexity index is 690. The second-order valence-electron chi connectivity index (χ2n) is 7.70. The van der Waals surface area contributed by atoms with Gasteiger partial charge in [-0.1, -0.05) is 0 Å². The van der Waals surface area contributed by atoms with Gasteiger partial charge in [-0.2, -0.15) is 4.39 Å². The Morgan fingerprint density at radius 2 is 1.84 bits per heavy atom. The highest BCUT2D eigenvalue weighted by atomic mass is 19.1. The molecule has 7 nitrogen and oxygen atoms in total. The number of likely N-dealkylation sites (tertiary alicyclic amines) is 1. The van der Waals surface area contributed by atoms with Gasteiger partial charge in [0.1, 0.15) is 5.60 Å². The maximum absolute atomic E-state index is 13.8. The number of nitro groups is 1. The molecule has 3 rings (SSSR count). The van der Waals surface area contributed by atoms with Crippen LogP contribution in [0.4, 0.5) is 20.6 Å². The fourth-order valence-corrected chi connectivity index (χ4v) is 3.52. The molecule has 2 aliphatic heterocycles. The number of hydrogen-bond acceptors (Lipinski definition) is 5. The summed E-state index contributed by atoms with van der Waals surface area (Å²) in [5.74, 6) is -0.230. The minimum absolute atomic E-state index is 0.296. The van der Waals surface area contributed by atoms with Gasteiger partial charge < -0.3 is 14.5 Å². The van der Waals surface area contributed by atoms with E-state index in [-0.39, 0.29) is 6.09 Å². The van der Waals surface area contributed by atoms with E-state index in [1.54, 1.807) is 11.0 Å². The average molecular weight is 351 g/mol. The fourth-order valence-electron chi connectivity index (χ4n) is 3.52. The Balaban J connectivity index is 1.63. The molecule has 25 heavy (non-hydrogen) atoms. The van der Waals surface area contributed by atoms with E-state index in [4.69, 9.17) is 4.74 Å². The molecule has 0 saturated carbocycles. The normalized spacial score (nSPS) is 22.9. The van der Waals surface area contributed by atoms with Crippen LogP contribution in [0.3, 0.4) is 0 Å². The number of carbonyl (C=O) groups excluding carboxylic acids is 1. The van der Waals surface area contributed by atoms with Gasteiger partial charge in [0.2, 0.25) is 5.82 Å². The van der Waals surface area contributed by atoms with E-state index in [9.17, 15) is 19.3 Å². The van der Waals surface area contributed by atoms with Crippen LogP contribution in [0.25, 0.3) is 0 Å². The first-order valence-electron chi connectivity index (χ1n) is 8.31. The van der Waals surface area contributed by atoms with Gasteiger partial charge in [0.05, 0.1) is 4.92 Å². The fraction of sp³-hybridized carbons (Fsp3) is 0.588. The molecule has 1 aromatic carbocycles. The molecule has 8 heteroatoms. The van der Waals surface area contributed by atoms with E-state index in [1.165, 1.54) is 12.1 Å². The molecule has 2 unspecified atom stereocenters. The van der Waals surface area contributed by atoms with Crippen molar-refractivity contribution in [1.29, 1.82) is 0 Å². The number of nitrogens with zero attached hydrogens (tertiary/aromatic N) is 3. The molecule has 1 amide bonds.